The molecule has 0 aromatic rings. The predicted molar refractivity (Wildman–Crippen MR) is 68.2 cm³/mol. The average molecular weight is 293 g/mol. The van der Waals surface area contributed by atoms with Gasteiger partial charge in [0.05, 0.1) is 0 Å². The van der Waals surface area contributed by atoms with Crippen molar-refractivity contribution in [2.45, 2.75) is 45.6 Å². The second kappa shape index (κ2) is 8.56. The van der Waals surface area contributed by atoms with E-state index in [0.29, 0.717) is 18.8 Å². The van der Waals surface area contributed by atoms with Crippen LogP contribution in [-0.2, 0) is 9.59 Å². The molecule has 5 heteroatoms. The van der Waals surface area contributed by atoms with Gasteiger partial charge in [0, 0.05) is 11.8 Å². The number of hydrogen-bond acceptors (Lipinski definition) is 2. The van der Waals surface area contributed by atoms with E-state index in [-0.39, 0.29) is 5.91 Å². The highest BCUT2D eigenvalue weighted by Crippen LogP contribution is 2.14. The Morgan fingerprint density at radius 2 is 2.00 bits per heavy atom. The number of rotatable bonds is 8. The summed E-state index contributed by atoms with van der Waals surface area (Å²) in [5.41, 5.74) is 5.15. The van der Waals surface area contributed by atoms with Gasteiger partial charge in [-0.2, -0.15) is 0 Å². The van der Waals surface area contributed by atoms with Gasteiger partial charge >= 0.3 is 0 Å². The van der Waals surface area contributed by atoms with Crippen LogP contribution in [0.4, 0.5) is 0 Å². The lowest BCUT2D eigenvalue weighted by Gasteiger charge is -2.16. The van der Waals surface area contributed by atoms with Crippen molar-refractivity contribution >= 4 is 27.7 Å². The minimum Gasteiger partial charge on any atom is -0.368 e. The van der Waals surface area contributed by atoms with Gasteiger partial charge in [-0.15, -0.1) is 0 Å². The highest BCUT2D eigenvalue weighted by Gasteiger charge is 2.18. The first-order valence-corrected chi connectivity index (χ1v) is 6.81. The molecule has 0 aromatic heterocycles. The van der Waals surface area contributed by atoms with Gasteiger partial charge in [0.1, 0.15) is 6.04 Å². The summed E-state index contributed by atoms with van der Waals surface area (Å²) < 4.78 is 0. The summed E-state index contributed by atoms with van der Waals surface area (Å²) in [6, 6.07) is -0.537. The number of primary amides is 1. The van der Waals surface area contributed by atoms with Crippen molar-refractivity contribution in [3.63, 3.8) is 0 Å². The van der Waals surface area contributed by atoms with E-state index in [4.69, 9.17) is 5.73 Å². The van der Waals surface area contributed by atoms with Crippen LogP contribution in [0.2, 0.25) is 0 Å². The van der Waals surface area contributed by atoms with Crippen LogP contribution in [0, 0.1) is 5.92 Å². The van der Waals surface area contributed by atoms with Crippen molar-refractivity contribution in [1.29, 1.82) is 0 Å². The number of alkyl halides is 1. The number of carbonyl (C=O) groups excluding carboxylic acids is 2. The maximum absolute atomic E-state index is 11.6. The van der Waals surface area contributed by atoms with Crippen LogP contribution in [-0.4, -0.2) is 23.2 Å². The summed E-state index contributed by atoms with van der Waals surface area (Å²) in [5.74, 6) is -0.235. The molecule has 0 aliphatic carbocycles. The third-order valence-corrected chi connectivity index (χ3v) is 3.39. The van der Waals surface area contributed by atoms with Gasteiger partial charge in [-0.1, -0.05) is 36.2 Å². The molecule has 0 bridgehead atoms. The standard InChI is InChI=1S/C11H21BrN2O2/c1-3-5-8(7-12)6-10(15)14-9(4-2)11(13)16/h8-9H,3-7H2,1-2H3,(H2,13,16)(H,14,15). The Morgan fingerprint density at radius 3 is 2.38 bits per heavy atom. The van der Waals surface area contributed by atoms with E-state index in [1.54, 1.807) is 0 Å². The molecule has 3 N–H and O–H groups in total. The topological polar surface area (TPSA) is 72.2 Å². The zero-order chi connectivity index (χ0) is 12.6. The number of halogens is 1. The Balaban J connectivity index is 4.09. The molecule has 0 radical (unpaired) electrons. The summed E-state index contributed by atoms with van der Waals surface area (Å²) >= 11 is 3.39. The van der Waals surface area contributed by atoms with Crippen LogP contribution in [0.1, 0.15) is 39.5 Å². The minimum atomic E-state index is -0.537. The Hall–Kier alpha value is -0.580. The fraction of sp³-hybridized carbons (Fsp3) is 0.818. The summed E-state index contributed by atoms with van der Waals surface area (Å²) in [4.78, 5) is 22.6. The molecule has 4 nitrogen and oxygen atoms in total. The predicted octanol–water partition coefficient (Wildman–Crippen LogP) is 1.57. The summed E-state index contributed by atoms with van der Waals surface area (Å²) in [6.45, 7) is 3.91. The SMILES string of the molecule is CCCC(CBr)CC(=O)NC(CC)C(N)=O. The van der Waals surface area contributed by atoms with E-state index >= 15 is 0 Å². The molecule has 0 saturated carbocycles. The van der Waals surface area contributed by atoms with E-state index in [1.165, 1.54) is 0 Å². The largest absolute Gasteiger partial charge is 0.368 e. The quantitative estimate of drug-likeness (QED) is 0.667. The maximum atomic E-state index is 11.6. The van der Waals surface area contributed by atoms with Gasteiger partial charge in [-0.05, 0) is 18.8 Å². The normalized spacial score (nSPS) is 14.2. The summed E-state index contributed by atoms with van der Waals surface area (Å²) in [6.07, 6.45) is 3.04. The first kappa shape index (κ1) is 15.4. The van der Waals surface area contributed by atoms with Gasteiger partial charge < -0.3 is 11.1 Å². The molecule has 0 aliphatic rings. The van der Waals surface area contributed by atoms with Gasteiger partial charge in [-0.25, -0.2) is 0 Å². The Kier molecular flexibility index (Phi) is 8.25. The number of nitrogens with one attached hydrogen (secondary N) is 1. The van der Waals surface area contributed by atoms with Gasteiger partial charge in [-0.3, -0.25) is 9.59 Å². The van der Waals surface area contributed by atoms with Gasteiger partial charge in [0.2, 0.25) is 11.8 Å². The second-order valence-electron chi connectivity index (χ2n) is 3.94. The third-order valence-electron chi connectivity index (χ3n) is 2.48. The Labute approximate surface area is 105 Å². The van der Waals surface area contributed by atoms with Crippen LogP contribution in [0.5, 0.6) is 0 Å². The highest BCUT2D eigenvalue weighted by atomic mass is 79.9. The van der Waals surface area contributed by atoms with Crippen LogP contribution in [0.3, 0.4) is 0 Å². The minimum absolute atomic E-state index is 0.0939. The van der Waals surface area contributed by atoms with E-state index in [2.05, 4.69) is 28.2 Å². The highest BCUT2D eigenvalue weighted by molar-refractivity contribution is 9.09. The molecule has 0 aliphatic heterocycles. The van der Waals surface area contributed by atoms with Crippen LogP contribution in [0.25, 0.3) is 0 Å². The van der Waals surface area contributed by atoms with Gasteiger partial charge in [0.25, 0.3) is 0 Å². The van der Waals surface area contributed by atoms with Gasteiger partial charge in [0.15, 0.2) is 0 Å². The zero-order valence-electron chi connectivity index (χ0n) is 9.96. The third kappa shape index (κ3) is 6.10. The molecule has 0 heterocycles. The number of carbonyl (C=O) groups is 2. The summed E-state index contributed by atoms with van der Waals surface area (Å²) in [5, 5.41) is 3.46. The van der Waals surface area contributed by atoms with Crippen LogP contribution in [0.15, 0.2) is 0 Å². The smallest absolute Gasteiger partial charge is 0.239 e. The molecule has 16 heavy (non-hydrogen) atoms. The summed E-state index contributed by atoms with van der Waals surface area (Å²) in [7, 11) is 0. The Morgan fingerprint density at radius 1 is 1.38 bits per heavy atom. The second-order valence-corrected chi connectivity index (χ2v) is 4.59. The first-order valence-electron chi connectivity index (χ1n) is 5.69. The fourth-order valence-corrected chi connectivity index (χ4v) is 2.08. The van der Waals surface area contributed by atoms with Crippen molar-refractivity contribution in [2.75, 3.05) is 5.33 Å². The van der Waals surface area contributed by atoms with Crippen LogP contribution < -0.4 is 11.1 Å². The van der Waals surface area contributed by atoms with E-state index in [9.17, 15) is 9.59 Å². The van der Waals surface area contributed by atoms with Crippen LogP contribution >= 0.6 is 15.9 Å². The molecule has 94 valence electrons. The maximum Gasteiger partial charge on any atom is 0.239 e. The lowest BCUT2D eigenvalue weighted by atomic mass is 10.0. The molecule has 2 unspecified atom stereocenters. The van der Waals surface area contributed by atoms with Crippen molar-refractivity contribution in [3.8, 4) is 0 Å². The monoisotopic (exact) mass is 292 g/mol. The molecule has 0 spiro atoms. The molecular formula is C11H21BrN2O2. The zero-order valence-corrected chi connectivity index (χ0v) is 11.5. The van der Waals surface area contributed by atoms with E-state index < -0.39 is 11.9 Å². The van der Waals surface area contributed by atoms with Crippen molar-refractivity contribution in [2.24, 2.45) is 11.7 Å². The molecule has 0 fully saturated rings. The molecule has 0 aromatic carbocycles. The lowest BCUT2D eigenvalue weighted by Crippen LogP contribution is -2.44. The molecule has 2 amide bonds. The number of hydrogen-bond donors (Lipinski definition) is 2. The molecule has 0 rings (SSSR count). The number of amides is 2. The molecule has 2 atom stereocenters. The molecule has 0 saturated heterocycles. The lowest BCUT2D eigenvalue weighted by molar-refractivity contribution is -0.127. The molecular weight excluding hydrogens is 272 g/mol. The fourth-order valence-electron chi connectivity index (χ4n) is 1.53. The van der Waals surface area contributed by atoms with E-state index in [0.717, 1.165) is 18.2 Å². The first-order chi connectivity index (χ1) is 7.54. The van der Waals surface area contributed by atoms with E-state index in [1.807, 2.05) is 6.92 Å². The number of nitrogens with two attached hydrogens (primary N) is 1. The van der Waals surface area contributed by atoms with Crippen molar-refractivity contribution in [3.05, 3.63) is 0 Å². The Bertz CT molecular complexity index is 234. The van der Waals surface area contributed by atoms with Crippen molar-refractivity contribution < 1.29 is 9.59 Å². The average Bonchev–Trinajstić information content (AvgIpc) is 2.24. The van der Waals surface area contributed by atoms with Crippen molar-refractivity contribution in [1.82, 2.24) is 5.32 Å².